The van der Waals surface area contributed by atoms with Crippen LogP contribution in [0.1, 0.15) is 28.8 Å². The van der Waals surface area contributed by atoms with Gasteiger partial charge in [0, 0.05) is 18.2 Å². The monoisotopic (exact) mass is 172 g/mol. The first kappa shape index (κ1) is 7.13. The van der Waals surface area contributed by atoms with Gasteiger partial charge in [-0.3, -0.25) is 4.79 Å². The fourth-order valence-corrected chi connectivity index (χ4v) is 1.89. The molecule has 0 unspecified atom stereocenters. The van der Waals surface area contributed by atoms with Gasteiger partial charge in [-0.1, -0.05) is 12.1 Å². The van der Waals surface area contributed by atoms with Gasteiger partial charge in [0.25, 0.3) is 5.91 Å². The van der Waals surface area contributed by atoms with E-state index < -0.39 is 0 Å². The van der Waals surface area contributed by atoms with Crippen molar-refractivity contribution in [2.24, 2.45) is 0 Å². The topological polar surface area (TPSA) is 20.3 Å². The van der Waals surface area contributed by atoms with Crippen molar-refractivity contribution in [2.75, 3.05) is 0 Å². The van der Waals surface area contributed by atoms with Crippen LogP contribution >= 0.6 is 0 Å². The normalized spacial score (nSPS) is 20.6. The van der Waals surface area contributed by atoms with Gasteiger partial charge in [-0.25, -0.2) is 0 Å². The fraction of sp³-hybridized carbons (Fsp3) is 0.364. The Labute approximate surface area is 77.2 Å². The Morgan fingerprint density at radius 3 is 3.00 bits per heavy atom. The number of fused-ring (bicyclic) bond motifs is 1. The van der Waals surface area contributed by atoms with E-state index in [1.54, 1.807) is 6.07 Å². The van der Waals surface area contributed by atoms with Crippen molar-refractivity contribution in [3.05, 3.63) is 35.4 Å². The van der Waals surface area contributed by atoms with E-state index >= 15 is 0 Å². The Kier molecular flexibility index (Phi) is 1.29. The number of nitrogens with zero attached hydrogens (tertiary/aromatic N) is 1. The van der Waals surface area contributed by atoms with Crippen LogP contribution in [-0.4, -0.2) is 16.8 Å². The number of amides is 1. The molecule has 1 aliphatic carbocycles. The minimum absolute atomic E-state index is 0.203. The summed E-state index contributed by atoms with van der Waals surface area (Å²) >= 11 is 0. The van der Waals surface area contributed by atoms with Crippen molar-refractivity contribution in [2.45, 2.75) is 25.4 Å². The van der Waals surface area contributed by atoms with Crippen molar-refractivity contribution in [3.8, 4) is 0 Å². The van der Waals surface area contributed by atoms with Gasteiger partial charge < -0.3 is 4.90 Å². The highest BCUT2D eigenvalue weighted by Gasteiger charge is 2.37. The minimum atomic E-state index is 0.203. The Morgan fingerprint density at radius 1 is 1.46 bits per heavy atom. The highest BCUT2D eigenvalue weighted by molar-refractivity contribution is 5.98. The maximum absolute atomic E-state index is 11.8. The molecule has 1 saturated carbocycles. The molecule has 0 aromatic heterocycles. The molecule has 0 atom stereocenters. The largest absolute Gasteiger partial charge is 0.331 e. The fourth-order valence-electron chi connectivity index (χ4n) is 1.89. The average Bonchev–Trinajstić information content (AvgIpc) is 2.94. The van der Waals surface area contributed by atoms with Crippen LogP contribution in [0.4, 0.5) is 0 Å². The molecule has 2 aliphatic rings. The van der Waals surface area contributed by atoms with Crippen LogP contribution < -0.4 is 0 Å². The molecular weight excluding hydrogens is 162 g/mol. The molecule has 1 aromatic carbocycles. The predicted octanol–water partition coefficient (Wildman–Crippen LogP) is 1.60. The van der Waals surface area contributed by atoms with Crippen LogP contribution in [0.15, 0.2) is 18.2 Å². The molecule has 1 heterocycles. The summed E-state index contributed by atoms with van der Waals surface area (Å²) in [5.74, 6) is 0.203. The zero-order valence-electron chi connectivity index (χ0n) is 7.29. The smallest absolute Gasteiger partial charge is 0.254 e. The van der Waals surface area contributed by atoms with Crippen LogP contribution in [0.5, 0.6) is 0 Å². The summed E-state index contributed by atoms with van der Waals surface area (Å²) in [5, 5.41) is 0. The second-order valence-electron chi connectivity index (χ2n) is 3.75. The van der Waals surface area contributed by atoms with E-state index in [0.717, 1.165) is 17.7 Å². The average molecular weight is 172 g/mol. The third-order valence-corrected chi connectivity index (χ3v) is 2.77. The SMILES string of the molecule is O=C1c2c[c]ccc2CN1C1CC1. The van der Waals surface area contributed by atoms with Crippen molar-refractivity contribution >= 4 is 5.91 Å². The first-order valence-electron chi connectivity index (χ1n) is 4.66. The van der Waals surface area contributed by atoms with Crippen molar-refractivity contribution in [3.63, 3.8) is 0 Å². The molecule has 0 bridgehead atoms. The maximum atomic E-state index is 11.8. The molecule has 1 aliphatic heterocycles. The summed E-state index contributed by atoms with van der Waals surface area (Å²) in [6, 6.07) is 9.16. The van der Waals surface area contributed by atoms with E-state index in [1.165, 1.54) is 12.8 Å². The summed E-state index contributed by atoms with van der Waals surface area (Å²) in [6.07, 6.45) is 2.37. The summed E-state index contributed by atoms with van der Waals surface area (Å²) in [5.41, 5.74) is 2.02. The lowest BCUT2D eigenvalue weighted by atomic mass is 10.1. The van der Waals surface area contributed by atoms with Gasteiger partial charge in [-0.2, -0.15) is 0 Å². The van der Waals surface area contributed by atoms with E-state index in [0.29, 0.717) is 6.04 Å². The lowest BCUT2D eigenvalue weighted by molar-refractivity contribution is 0.0766. The van der Waals surface area contributed by atoms with Gasteiger partial charge in [0.1, 0.15) is 0 Å². The summed E-state index contributed by atoms with van der Waals surface area (Å²) in [4.78, 5) is 13.8. The summed E-state index contributed by atoms with van der Waals surface area (Å²) < 4.78 is 0. The van der Waals surface area contributed by atoms with E-state index in [9.17, 15) is 4.79 Å². The number of hydrogen-bond acceptors (Lipinski definition) is 1. The number of hydrogen-bond donors (Lipinski definition) is 0. The molecule has 1 radical (unpaired) electrons. The lowest BCUT2D eigenvalue weighted by Crippen LogP contribution is -2.25. The Morgan fingerprint density at radius 2 is 2.31 bits per heavy atom. The molecule has 13 heavy (non-hydrogen) atoms. The molecule has 65 valence electrons. The molecule has 1 aromatic rings. The molecule has 1 amide bonds. The molecule has 3 rings (SSSR count). The van der Waals surface area contributed by atoms with Crippen LogP contribution in [0.3, 0.4) is 0 Å². The second-order valence-corrected chi connectivity index (χ2v) is 3.75. The summed E-state index contributed by atoms with van der Waals surface area (Å²) in [6.45, 7) is 0.813. The lowest BCUT2D eigenvalue weighted by Gasteiger charge is -2.13. The third kappa shape index (κ3) is 0.981. The first-order valence-corrected chi connectivity index (χ1v) is 4.66. The Bertz CT molecular complexity index is 368. The number of rotatable bonds is 1. The molecule has 2 heteroatoms. The molecular formula is C11H10NO. The Balaban J connectivity index is 2.01. The minimum Gasteiger partial charge on any atom is -0.331 e. The van der Waals surface area contributed by atoms with Gasteiger partial charge in [0.15, 0.2) is 0 Å². The number of benzene rings is 1. The second kappa shape index (κ2) is 2.34. The highest BCUT2D eigenvalue weighted by Crippen LogP contribution is 2.34. The molecule has 0 saturated heterocycles. The molecule has 1 fully saturated rings. The van der Waals surface area contributed by atoms with Gasteiger partial charge in [-0.05, 0) is 30.5 Å². The van der Waals surface area contributed by atoms with Crippen LogP contribution in [0, 0.1) is 6.07 Å². The van der Waals surface area contributed by atoms with Crippen molar-refractivity contribution in [1.29, 1.82) is 0 Å². The zero-order valence-corrected chi connectivity index (χ0v) is 7.29. The van der Waals surface area contributed by atoms with E-state index in [4.69, 9.17) is 0 Å². The third-order valence-electron chi connectivity index (χ3n) is 2.77. The molecule has 0 spiro atoms. The number of carbonyl (C=O) groups excluding carboxylic acids is 1. The number of carbonyl (C=O) groups is 1. The van der Waals surface area contributed by atoms with Crippen LogP contribution in [0.2, 0.25) is 0 Å². The quantitative estimate of drug-likeness (QED) is 0.630. The van der Waals surface area contributed by atoms with Crippen LogP contribution in [-0.2, 0) is 6.54 Å². The van der Waals surface area contributed by atoms with E-state index in [-0.39, 0.29) is 5.91 Å². The standard InChI is InChI=1S/C11H10NO/c13-11-10-4-2-1-3-8(10)7-12(11)9-5-6-9/h1,3-4,9H,5-7H2. The van der Waals surface area contributed by atoms with E-state index in [2.05, 4.69) is 6.07 Å². The highest BCUT2D eigenvalue weighted by atomic mass is 16.2. The van der Waals surface area contributed by atoms with Gasteiger partial charge in [-0.15, -0.1) is 0 Å². The van der Waals surface area contributed by atoms with Gasteiger partial charge in [0.2, 0.25) is 0 Å². The zero-order chi connectivity index (χ0) is 8.84. The predicted molar refractivity (Wildman–Crippen MR) is 48.2 cm³/mol. The van der Waals surface area contributed by atoms with Gasteiger partial charge >= 0.3 is 0 Å². The van der Waals surface area contributed by atoms with Crippen molar-refractivity contribution < 1.29 is 4.79 Å². The van der Waals surface area contributed by atoms with Crippen molar-refractivity contribution in [1.82, 2.24) is 4.90 Å². The molecule has 0 N–H and O–H groups in total. The Hall–Kier alpha value is -1.31. The molecule has 2 nitrogen and oxygen atoms in total. The maximum Gasteiger partial charge on any atom is 0.254 e. The summed E-state index contributed by atoms with van der Waals surface area (Å²) in [7, 11) is 0. The van der Waals surface area contributed by atoms with Crippen LogP contribution in [0.25, 0.3) is 0 Å². The first-order chi connectivity index (χ1) is 6.36. The van der Waals surface area contributed by atoms with E-state index in [1.807, 2.05) is 17.0 Å². The van der Waals surface area contributed by atoms with Gasteiger partial charge in [0.05, 0.1) is 0 Å².